The Kier molecular flexibility index (Phi) is 5.16. The Labute approximate surface area is 147 Å². The first-order valence-corrected chi connectivity index (χ1v) is 8.44. The zero-order chi connectivity index (χ0) is 17.8. The largest absolute Gasteiger partial charge is 0.493 e. The fourth-order valence-electron chi connectivity index (χ4n) is 3.18. The fourth-order valence-corrected chi connectivity index (χ4v) is 3.18. The minimum Gasteiger partial charge on any atom is -0.493 e. The molecule has 0 amide bonds. The van der Waals surface area contributed by atoms with Crippen molar-refractivity contribution in [3.05, 3.63) is 41.6 Å². The highest BCUT2D eigenvalue weighted by Gasteiger charge is 2.28. The molecule has 1 aliphatic heterocycles. The minimum absolute atomic E-state index is 0.0602. The molecule has 25 heavy (non-hydrogen) atoms. The van der Waals surface area contributed by atoms with Crippen molar-refractivity contribution < 1.29 is 14.3 Å². The van der Waals surface area contributed by atoms with Crippen molar-refractivity contribution in [2.75, 3.05) is 32.2 Å². The van der Waals surface area contributed by atoms with Crippen LogP contribution in [0.3, 0.4) is 0 Å². The van der Waals surface area contributed by atoms with Gasteiger partial charge in [-0.05, 0) is 50.1 Å². The van der Waals surface area contributed by atoms with E-state index in [1.807, 2.05) is 19.1 Å². The van der Waals surface area contributed by atoms with Gasteiger partial charge in [-0.15, -0.1) is 5.10 Å². The highest BCUT2D eigenvalue weighted by atomic mass is 16.5. The fraction of sp³-hybridized carbons (Fsp3) is 0.421. The molecule has 0 bridgehead atoms. The average Bonchev–Trinajstić information content (AvgIpc) is 2.67. The van der Waals surface area contributed by atoms with Crippen molar-refractivity contribution in [3.63, 3.8) is 0 Å². The van der Waals surface area contributed by atoms with Gasteiger partial charge in [-0.1, -0.05) is 0 Å². The van der Waals surface area contributed by atoms with Crippen molar-refractivity contribution in [1.29, 1.82) is 0 Å². The maximum Gasteiger partial charge on any atom is 0.167 e. The second-order valence-electron chi connectivity index (χ2n) is 6.25. The molecule has 1 aliphatic rings. The monoisotopic (exact) mass is 341 g/mol. The standard InChI is InChI=1S/C19H23N3O3/c1-13-6-9-18(21-20-13)22-10-4-5-15(12-22)19(23)14-7-8-16(24-2)17(11-14)25-3/h6-9,11,15H,4-5,10,12H2,1-3H3. The number of methoxy groups -OCH3 is 2. The molecule has 6 heteroatoms. The van der Waals surface area contributed by atoms with Crippen molar-refractivity contribution in [3.8, 4) is 11.5 Å². The SMILES string of the molecule is COc1ccc(C(=O)C2CCCN(c3ccc(C)nn3)C2)cc1OC. The molecule has 2 aromatic rings. The van der Waals surface area contributed by atoms with E-state index in [0.29, 0.717) is 23.6 Å². The van der Waals surface area contributed by atoms with Gasteiger partial charge in [0.1, 0.15) is 0 Å². The molecule has 6 nitrogen and oxygen atoms in total. The normalized spacial score (nSPS) is 17.2. The van der Waals surface area contributed by atoms with E-state index in [4.69, 9.17) is 9.47 Å². The Balaban J connectivity index is 1.76. The summed E-state index contributed by atoms with van der Waals surface area (Å²) in [6.07, 6.45) is 1.84. The zero-order valence-electron chi connectivity index (χ0n) is 14.9. The van der Waals surface area contributed by atoms with Gasteiger partial charge in [-0.2, -0.15) is 5.10 Å². The number of anilines is 1. The summed E-state index contributed by atoms with van der Waals surface area (Å²) in [5.74, 6) is 2.10. The van der Waals surface area contributed by atoms with Crippen LogP contribution < -0.4 is 14.4 Å². The van der Waals surface area contributed by atoms with Crippen LogP contribution in [0, 0.1) is 12.8 Å². The lowest BCUT2D eigenvalue weighted by Crippen LogP contribution is -2.39. The van der Waals surface area contributed by atoms with E-state index in [1.165, 1.54) is 0 Å². The highest BCUT2D eigenvalue weighted by Crippen LogP contribution is 2.30. The summed E-state index contributed by atoms with van der Waals surface area (Å²) in [7, 11) is 3.16. The predicted octanol–water partition coefficient (Wildman–Crippen LogP) is 2.90. The summed E-state index contributed by atoms with van der Waals surface area (Å²) < 4.78 is 10.6. The van der Waals surface area contributed by atoms with E-state index in [9.17, 15) is 4.79 Å². The number of carbonyl (C=O) groups excluding carboxylic acids is 1. The summed E-state index contributed by atoms with van der Waals surface area (Å²) in [6, 6.07) is 9.24. The van der Waals surface area contributed by atoms with Gasteiger partial charge in [0.05, 0.1) is 19.9 Å². The number of hydrogen-bond acceptors (Lipinski definition) is 6. The van der Waals surface area contributed by atoms with Crippen molar-refractivity contribution >= 4 is 11.6 Å². The Hall–Kier alpha value is -2.63. The Morgan fingerprint density at radius 2 is 1.92 bits per heavy atom. The molecule has 0 N–H and O–H groups in total. The molecule has 1 saturated heterocycles. The van der Waals surface area contributed by atoms with Crippen molar-refractivity contribution in [2.45, 2.75) is 19.8 Å². The molecule has 0 saturated carbocycles. The molecule has 1 unspecified atom stereocenters. The quantitative estimate of drug-likeness (QED) is 0.779. The number of hydrogen-bond donors (Lipinski definition) is 0. The number of nitrogens with zero attached hydrogens (tertiary/aromatic N) is 3. The predicted molar refractivity (Wildman–Crippen MR) is 95.6 cm³/mol. The van der Waals surface area contributed by atoms with Gasteiger partial charge in [0.2, 0.25) is 0 Å². The number of benzene rings is 1. The van der Waals surface area contributed by atoms with E-state index in [-0.39, 0.29) is 11.7 Å². The summed E-state index contributed by atoms with van der Waals surface area (Å²) >= 11 is 0. The summed E-state index contributed by atoms with van der Waals surface area (Å²) in [5, 5.41) is 8.36. The average molecular weight is 341 g/mol. The number of aromatic nitrogens is 2. The third-order valence-corrected chi connectivity index (χ3v) is 4.57. The van der Waals surface area contributed by atoms with Gasteiger partial charge in [-0.3, -0.25) is 4.79 Å². The molecular weight excluding hydrogens is 318 g/mol. The molecule has 3 rings (SSSR count). The van der Waals surface area contributed by atoms with E-state index in [0.717, 1.165) is 30.9 Å². The van der Waals surface area contributed by atoms with E-state index in [1.54, 1.807) is 32.4 Å². The number of piperidine rings is 1. The molecule has 1 aromatic heterocycles. The summed E-state index contributed by atoms with van der Waals surface area (Å²) in [4.78, 5) is 15.1. The van der Waals surface area contributed by atoms with Gasteiger partial charge < -0.3 is 14.4 Å². The third-order valence-electron chi connectivity index (χ3n) is 4.57. The molecular formula is C19H23N3O3. The van der Waals surface area contributed by atoms with Gasteiger partial charge in [0.25, 0.3) is 0 Å². The number of ketones is 1. The van der Waals surface area contributed by atoms with Crippen LogP contribution in [0.2, 0.25) is 0 Å². The smallest absolute Gasteiger partial charge is 0.167 e. The van der Waals surface area contributed by atoms with Crippen LogP contribution in [0.15, 0.2) is 30.3 Å². The summed E-state index contributed by atoms with van der Waals surface area (Å²) in [5.41, 5.74) is 1.54. The van der Waals surface area contributed by atoms with E-state index in [2.05, 4.69) is 15.1 Å². The zero-order valence-corrected chi connectivity index (χ0v) is 14.9. The molecule has 0 aliphatic carbocycles. The second-order valence-corrected chi connectivity index (χ2v) is 6.25. The lowest BCUT2D eigenvalue weighted by molar-refractivity contribution is 0.0906. The first-order chi connectivity index (χ1) is 12.1. The number of Topliss-reactive ketones (excluding diaryl/α,β-unsaturated/α-hetero) is 1. The lowest BCUT2D eigenvalue weighted by Gasteiger charge is -2.32. The number of aryl methyl sites for hydroxylation is 1. The van der Waals surface area contributed by atoms with Crippen molar-refractivity contribution in [1.82, 2.24) is 10.2 Å². The van der Waals surface area contributed by atoms with Crippen LogP contribution >= 0.6 is 0 Å². The van der Waals surface area contributed by atoms with Crippen LogP contribution in [0.5, 0.6) is 11.5 Å². The third kappa shape index (κ3) is 3.73. The maximum atomic E-state index is 12.9. The maximum absolute atomic E-state index is 12.9. The van der Waals surface area contributed by atoms with Gasteiger partial charge in [0, 0.05) is 24.6 Å². The first kappa shape index (κ1) is 17.2. The Morgan fingerprint density at radius 1 is 1.12 bits per heavy atom. The summed E-state index contributed by atoms with van der Waals surface area (Å²) in [6.45, 7) is 3.47. The van der Waals surface area contributed by atoms with Gasteiger partial charge in [0.15, 0.2) is 23.1 Å². The number of rotatable bonds is 5. The van der Waals surface area contributed by atoms with Gasteiger partial charge in [-0.25, -0.2) is 0 Å². The topological polar surface area (TPSA) is 64.5 Å². The van der Waals surface area contributed by atoms with Crippen LogP contribution in [0.25, 0.3) is 0 Å². The second kappa shape index (κ2) is 7.51. The Morgan fingerprint density at radius 3 is 2.60 bits per heavy atom. The van der Waals surface area contributed by atoms with Gasteiger partial charge >= 0.3 is 0 Å². The van der Waals surface area contributed by atoms with Crippen molar-refractivity contribution in [2.24, 2.45) is 5.92 Å². The van der Waals surface area contributed by atoms with Crippen LogP contribution in [-0.2, 0) is 0 Å². The molecule has 0 radical (unpaired) electrons. The highest BCUT2D eigenvalue weighted by molar-refractivity contribution is 5.98. The first-order valence-electron chi connectivity index (χ1n) is 8.44. The van der Waals surface area contributed by atoms with Crippen LogP contribution in [0.1, 0.15) is 28.9 Å². The molecule has 1 atom stereocenters. The molecule has 0 spiro atoms. The van der Waals surface area contributed by atoms with E-state index < -0.39 is 0 Å². The number of carbonyl (C=O) groups is 1. The lowest BCUT2D eigenvalue weighted by atomic mass is 9.90. The number of ether oxygens (including phenoxy) is 2. The van der Waals surface area contributed by atoms with Crippen LogP contribution in [-0.4, -0.2) is 43.3 Å². The Bertz CT molecular complexity index is 746. The molecule has 1 fully saturated rings. The minimum atomic E-state index is -0.0602. The van der Waals surface area contributed by atoms with Crippen LogP contribution in [0.4, 0.5) is 5.82 Å². The van der Waals surface area contributed by atoms with E-state index >= 15 is 0 Å². The molecule has 1 aromatic carbocycles. The molecule has 2 heterocycles. The molecule has 132 valence electrons.